The molecule has 3 rings (SSSR count). The molecule has 0 unspecified atom stereocenters. The van der Waals surface area contributed by atoms with Crippen molar-refractivity contribution in [3.8, 4) is 0 Å². The van der Waals surface area contributed by atoms with E-state index >= 15 is 0 Å². The van der Waals surface area contributed by atoms with Crippen molar-refractivity contribution in [1.82, 2.24) is 25.1 Å². The van der Waals surface area contributed by atoms with Gasteiger partial charge in [0.15, 0.2) is 10.8 Å². The fraction of sp³-hybridized carbons (Fsp3) is 0.429. The molecule has 1 amide bonds. The van der Waals surface area contributed by atoms with Gasteiger partial charge < -0.3 is 15.4 Å². The molecule has 0 atom stereocenters. The summed E-state index contributed by atoms with van der Waals surface area (Å²) in [7, 11) is 0. The Labute approximate surface area is 185 Å². The fourth-order valence-electron chi connectivity index (χ4n) is 2.96. The lowest BCUT2D eigenvalue weighted by molar-refractivity contribution is -0.120. The molecule has 8 nitrogen and oxygen atoms in total. The van der Waals surface area contributed by atoms with Gasteiger partial charge >= 0.3 is 0 Å². The molecule has 2 heterocycles. The van der Waals surface area contributed by atoms with Gasteiger partial charge in [0.2, 0.25) is 5.91 Å². The summed E-state index contributed by atoms with van der Waals surface area (Å²) in [5.74, 6) is 1.15. The molecule has 0 spiro atoms. The highest BCUT2D eigenvalue weighted by molar-refractivity contribution is 7.99. The van der Waals surface area contributed by atoms with Crippen molar-refractivity contribution >= 4 is 34.5 Å². The molecule has 2 aromatic heterocycles. The number of hydrogen-bond acceptors (Lipinski definition) is 7. The van der Waals surface area contributed by atoms with Gasteiger partial charge in [0.05, 0.1) is 31.2 Å². The van der Waals surface area contributed by atoms with Gasteiger partial charge in [-0.15, -0.1) is 0 Å². The molecule has 1 aromatic carbocycles. The van der Waals surface area contributed by atoms with Crippen LogP contribution in [0.4, 0.5) is 10.2 Å². The number of ether oxygens (including phenoxy) is 1. The quantitative estimate of drug-likeness (QED) is 0.251. The van der Waals surface area contributed by atoms with Crippen molar-refractivity contribution in [1.29, 1.82) is 0 Å². The third kappa shape index (κ3) is 6.63. The van der Waals surface area contributed by atoms with Crippen LogP contribution in [0.25, 0.3) is 11.0 Å². The maximum Gasteiger partial charge on any atom is 0.224 e. The Balaban J connectivity index is 1.63. The third-order valence-corrected chi connectivity index (χ3v) is 5.15. The van der Waals surface area contributed by atoms with Crippen LogP contribution >= 0.6 is 11.8 Å². The first-order valence-corrected chi connectivity index (χ1v) is 11.3. The molecule has 0 aliphatic rings. The van der Waals surface area contributed by atoms with Gasteiger partial charge in [-0.2, -0.15) is 5.10 Å². The molecule has 3 aromatic rings. The van der Waals surface area contributed by atoms with Crippen molar-refractivity contribution in [2.24, 2.45) is 0 Å². The maximum absolute atomic E-state index is 13.0. The number of thioether (sulfide) groups is 1. The van der Waals surface area contributed by atoms with E-state index in [9.17, 15) is 9.18 Å². The summed E-state index contributed by atoms with van der Waals surface area (Å²) >= 11 is 1.56. The Morgan fingerprint density at radius 2 is 2.00 bits per heavy atom. The van der Waals surface area contributed by atoms with E-state index in [-0.39, 0.29) is 18.1 Å². The summed E-state index contributed by atoms with van der Waals surface area (Å²) in [4.78, 5) is 21.4. The topological polar surface area (TPSA) is 94.0 Å². The van der Waals surface area contributed by atoms with E-state index in [4.69, 9.17) is 4.74 Å². The van der Waals surface area contributed by atoms with Gasteiger partial charge in [-0.25, -0.2) is 19.0 Å². The highest BCUT2D eigenvalue weighted by Gasteiger charge is 2.13. The van der Waals surface area contributed by atoms with Crippen LogP contribution in [-0.4, -0.2) is 57.7 Å². The summed E-state index contributed by atoms with van der Waals surface area (Å²) in [6.07, 6.45) is 1.94. The van der Waals surface area contributed by atoms with Crippen molar-refractivity contribution in [3.63, 3.8) is 0 Å². The number of rotatable bonds is 12. The van der Waals surface area contributed by atoms with Crippen LogP contribution < -0.4 is 10.6 Å². The number of anilines is 1. The second-order valence-electron chi connectivity index (χ2n) is 6.67. The molecule has 31 heavy (non-hydrogen) atoms. The van der Waals surface area contributed by atoms with Crippen LogP contribution in [0.3, 0.4) is 0 Å². The van der Waals surface area contributed by atoms with Crippen LogP contribution in [0, 0.1) is 5.82 Å². The predicted octanol–water partition coefficient (Wildman–Crippen LogP) is 2.88. The number of nitrogens with one attached hydrogen (secondary N) is 2. The van der Waals surface area contributed by atoms with Crippen molar-refractivity contribution in [2.75, 3.05) is 37.4 Å². The SMILES string of the molecule is CCOCCNc1nc(SCC)nc2c1cnn2CCNC(=O)Cc1ccc(F)cc1. The van der Waals surface area contributed by atoms with E-state index in [0.29, 0.717) is 38.0 Å². The second kappa shape index (κ2) is 11.6. The van der Waals surface area contributed by atoms with E-state index in [1.54, 1.807) is 34.8 Å². The monoisotopic (exact) mass is 446 g/mol. The van der Waals surface area contributed by atoms with E-state index < -0.39 is 0 Å². The first-order chi connectivity index (χ1) is 15.1. The highest BCUT2D eigenvalue weighted by Crippen LogP contribution is 2.24. The zero-order valence-electron chi connectivity index (χ0n) is 17.7. The summed E-state index contributed by atoms with van der Waals surface area (Å²) in [5, 5.41) is 12.1. The van der Waals surface area contributed by atoms with Crippen molar-refractivity contribution in [3.05, 3.63) is 41.8 Å². The average molecular weight is 447 g/mol. The zero-order valence-corrected chi connectivity index (χ0v) is 18.5. The molecule has 0 saturated carbocycles. The molecule has 2 N–H and O–H groups in total. The fourth-order valence-corrected chi connectivity index (χ4v) is 3.53. The molecule has 10 heteroatoms. The summed E-state index contributed by atoms with van der Waals surface area (Å²) in [6, 6.07) is 5.92. The smallest absolute Gasteiger partial charge is 0.224 e. The minimum atomic E-state index is -0.316. The Kier molecular flexibility index (Phi) is 8.60. The Hall–Kier alpha value is -2.72. The van der Waals surface area contributed by atoms with E-state index in [2.05, 4.69) is 25.7 Å². The Morgan fingerprint density at radius 3 is 2.74 bits per heavy atom. The largest absolute Gasteiger partial charge is 0.380 e. The summed E-state index contributed by atoms with van der Waals surface area (Å²) in [5.41, 5.74) is 1.48. The molecule has 0 fully saturated rings. The molecule has 0 radical (unpaired) electrons. The number of benzene rings is 1. The lowest BCUT2D eigenvalue weighted by Gasteiger charge is -2.10. The normalized spacial score (nSPS) is 11.1. The van der Waals surface area contributed by atoms with Crippen LogP contribution in [0.1, 0.15) is 19.4 Å². The molecule has 0 saturated heterocycles. The van der Waals surface area contributed by atoms with Gasteiger partial charge in [-0.1, -0.05) is 30.8 Å². The second-order valence-corrected chi connectivity index (χ2v) is 7.90. The number of aromatic nitrogens is 4. The summed E-state index contributed by atoms with van der Waals surface area (Å²) in [6.45, 7) is 6.79. The number of nitrogens with zero attached hydrogens (tertiary/aromatic N) is 4. The highest BCUT2D eigenvalue weighted by atomic mass is 32.2. The van der Waals surface area contributed by atoms with Gasteiger partial charge in [0, 0.05) is 19.7 Å². The lowest BCUT2D eigenvalue weighted by atomic mass is 10.1. The zero-order chi connectivity index (χ0) is 22.1. The number of carbonyl (C=O) groups excluding carboxylic acids is 1. The first-order valence-electron chi connectivity index (χ1n) is 10.3. The first kappa shape index (κ1) is 23.0. The van der Waals surface area contributed by atoms with Crippen LogP contribution in [0.2, 0.25) is 0 Å². The van der Waals surface area contributed by atoms with Gasteiger partial charge in [-0.3, -0.25) is 4.79 Å². The number of halogens is 1. The lowest BCUT2D eigenvalue weighted by Crippen LogP contribution is -2.28. The molecule has 166 valence electrons. The van der Waals surface area contributed by atoms with Gasteiger partial charge in [-0.05, 0) is 30.4 Å². The number of carbonyl (C=O) groups is 1. The number of amides is 1. The van der Waals surface area contributed by atoms with E-state index in [1.807, 2.05) is 13.8 Å². The Bertz CT molecular complexity index is 995. The van der Waals surface area contributed by atoms with Crippen LogP contribution in [-0.2, 0) is 22.5 Å². The van der Waals surface area contributed by atoms with Crippen LogP contribution in [0.5, 0.6) is 0 Å². The third-order valence-electron chi connectivity index (χ3n) is 4.42. The van der Waals surface area contributed by atoms with Gasteiger partial charge in [0.25, 0.3) is 0 Å². The standard InChI is InChI=1S/C21H27FN6O2S/c1-3-30-12-10-24-19-17-14-25-28(20(17)27-21(26-19)31-4-2)11-9-23-18(29)13-15-5-7-16(22)8-6-15/h5-8,14H,3-4,9-13H2,1-2H3,(H,23,29)(H,24,26,27). The summed E-state index contributed by atoms with van der Waals surface area (Å²) < 4.78 is 20.1. The minimum absolute atomic E-state index is 0.127. The molecule has 0 aliphatic heterocycles. The van der Waals surface area contributed by atoms with Gasteiger partial charge in [0.1, 0.15) is 11.6 Å². The minimum Gasteiger partial charge on any atom is -0.380 e. The Morgan fingerprint density at radius 1 is 1.19 bits per heavy atom. The van der Waals surface area contributed by atoms with Crippen LogP contribution in [0.15, 0.2) is 35.6 Å². The molecular weight excluding hydrogens is 419 g/mol. The molecule has 0 bridgehead atoms. The van der Waals surface area contributed by atoms with E-state index in [0.717, 1.165) is 28.2 Å². The predicted molar refractivity (Wildman–Crippen MR) is 120 cm³/mol. The number of hydrogen-bond donors (Lipinski definition) is 2. The van der Waals surface area contributed by atoms with Crippen molar-refractivity contribution < 1.29 is 13.9 Å². The number of fused-ring (bicyclic) bond motifs is 1. The van der Waals surface area contributed by atoms with Crippen molar-refractivity contribution in [2.45, 2.75) is 32.0 Å². The molecular formula is C21H27FN6O2S. The average Bonchev–Trinajstić information content (AvgIpc) is 3.16. The maximum atomic E-state index is 13.0. The van der Waals surface area contributed by atoms with E-state index in [1.165, 1.54) is 12.1 Å². The molecule has 0 aliphatic carbocycles.